The monoisotopic (exact) mass is 308 g/mol. The van der Waals surface area contributed by atoms with Gasteiger partial charge in [-0.1, -0.05) is 0 Å². The second kappa shape index (κ2) is 7.64. The first kappa shape index (κ1) is 16.1. The van der Waals surface area contributed by atoms with Gasteiger partial charge in [0.15, 0.2) is 5.96 Å². The second-order valence-electron chi connectivity index (χ2n) is 7.25. The van der Waals surface area contributed by atoms with E-state index in [1.54, 1.807) is 0 Å². The lowest BCUT2D eigenvalue weighted by Gasteiger charge is -2.26. The Hall–Kier alpha value is -0.810. The average molecular weight is 308 g/mol. The summed E-state index contributed by atoms with van der Waals surface area (Å²) in [6.07, 6.45) is 6.89. The molecule has 1 aliphatic heterocycles. The Labute approximate surface area is 135 Å². The molecule has 2 aliphatic carbocycles. The van der Waals surface area contributed by atoms with Gasteiger partial charge in [-0.25, -0.2) is 0 Å². The van der Waals surface area contributed by atoms with Gasteiger partial charge in [-0.05, 0) is 38.0 Å². The van der Waals surface area contributed by atoms with E-state index in [2.05, 4.69) is 27.2 Å². The van der Waals surface area contributed by atoms with Gasteiger partial charge < -0.3 is 15.0 Å². The van der Waals surface area contributed by atoms with Gasteiger partial charge in [-0.3, -0.25) is 9.89 Å². The van der Waals surface area contributed by atoms with Crippen LogP contribution in [0.2, 0.25) is 0 Å². The minimum absolute atomic E-state index is 0.654. The Morgan fingerprint density at radius 3 is 2.55 bits per heavy atom. The molecule has 3 fully saturated rings. The number of nitrogens with zero attached hydrogens (tertiary/aromatic N) is 3. The van der Waals surface area contributed by atoms with Crippen LogP contribution in [-0.2, 0) is 4.74 Å². The van der Waals surface area contributed by atoms with Gasteiger partial charge in [0, 0.05) is 58.8 Å². The minimum Gasteiger partial charge on any atom is -0.381 e. The van der Waals surface area contributed by atoms with E-state index in [4.69, 9.17) is 4.74 Å². The predicted octanol–water partition coefficient (Wildman–Crippen LogP) is 1.40. The third kappa shape index (κ3) is 4.85. The maximum atomic E-state index is 5.47. The van der Waals surface area contributed by atoms with Crippen molar-refractivity contribution in [1.29, 1.82) is 0 Å². The van der Waals surface area contributed by atoms with E-state index < -0.39 is 0 Å². The van der Waals surface area contributed by atoms with Crippen molar-refractivity contribution in [2.45, 2.75) is 38.1 Å². The van der Waals surface area contributed by atoms with Crippen LogP contribution in [-0.4, -0.2) is 75.3 Å². The zero-order valence-electron chi connectivity index (χ0n) is 14.3. The van der Waals surface area contributed by atoms with Crippen molar-refractivity contribution in [2.24, 2.45) is 16.8 Å². The molecule has 0 radical (unpaired) electrons. The van der Waals surface area contributed by atoms with Gasteiger partial charge in [-0.2, -0.15) is 0 Å². The molecule has 2 saturated carbocycles. The maximum Gasteiger partial charge on any atom is 0.193 e. The molecular weight excluding hydrogens is 276 g/mol. The van der Waals surface area contributed by atoms with E-state index in [9.17, 15) is 0 Å². The van der Waals surface area contributed by atoms with Gasteiger partial charge in [0.2, 0.25) is 0 Å². The van der Waals surface area contributed by atoms with Crippen LogP contribution >= 0.6 is 0 Å². The number of nitrogens with one attached hydrogen (secondary N) is 1. The first-order valence-corrected chi connectivity index (χ1v) is 9.00. The Morgan fingerprint density at radius 1 is 1.14 bits per heavy atom. The maximum absolute atomic E-state index is 5.47. The molecule has 3 rings (SSSR count). The fourth-order valence-corrected chi connectivity index (χ4v) is 3.39. The number of guanidine groups is 1. The summed E-state index contributed by atoms with van der Waals surface area (Å²) in [5, 5.41) is 3.54. The van der Waals surface area contributed by atoms with Crippen LogP contribution in [0, 0.1) is 11.8 Å². The summed E-state index contributed by atoms with van der Waals surface area (Å²) in [7, 11) is 4.02. The van der Waals surface area contributed by atoms with Gasteiger partial charge in [-0.15, -0.1) is 0 Å². The van der Waals surface area contributed by atoms with Crippen LogP contribution in [0.1, 0.15) is 32.1 Å². The highest BCUT2D eigenvalue weighted by Gasteiger charge is 2.33. The largest absolute Gasteiger partial charge is 0.381 e. The van der Waals surface area contributed by atoms with E-state index >= 15 is 0 Å². The number of aliphatic imine (C=N–C) groups is 1. The molecule has 5 heteroatoms. The molecule has 1 atom stereocenters. The summed E-state index contributed by atoms with van der Waals surface area (Å²) in [5.74, 6) is 2.67. The van der Waals surface area contributed by atoms with Crippen molar-refractivity contribution >= 4 is 5.96 Å². The fourth-order valence-electron chi connectivity index (χ4n) is 3.39. The zero-order chi connectivity index (χ0) is 15.4. The van der Waals surface area contributed by atoms with E-state index in [1.807, 2.05) is 7.05 Å². The number of hydrogen-bond acceptors (Lipinski definition) is 3. The average Bonchev–Trinajstić information content (AvgIpc) is 3.43. The van der Waals surface area contributed by atoms with E-state index in [1.165, 1.54) is 38.6 Å². The predicted molar refractivity (Wildman–Crippen MR) is 90.2 cm³/mol. The molecule has 0 amide bonds. The second-order valence-corrected chi connectivity index (χ2v) is 7.25. The van der Waals surface area contributed by atoms with E-state index in [0.29, 0.717) is 5.92 Å². The molecule has 0 aromatic heterocycles. The number of rotatable bonds is 8. The Morgan fingerprint density at radius 2 is 1.95 bits per heavy atom. The molecular formula is C17H32N4O. The summed E-state index contributed by atoms with van der Waals surface area (Å²) in [5.41, 5.74) is 0. The first-order chi connectivity index (χ1) is 10.8. The van der Waals surface area contributed by atoms with Crippen LogP contribution in [0.15, 0.2) is 4.99 Å². The summed E-state index contributed by atoms with van der Waals surface area (Å²) >= 11 is 0. The van der Waals surface area contributed by atoms with Crippen LogP contribution < -0.4 is 5.32 Å². The Balaban J connectivity index is 1.37. The van der Waals surface area contributed by atoms with Crippen molar-refractivity contribution in [3.63, 3.8) is 0 Å². The highest BCUT2D eigenvalue weighted by Crippen LogP contribution is 2.34. The molecule has 3 aliphatic rings. The van der Waals surface area contributed by atoms with Crippen molar-refractivity contribution in [3.05, 3.63) is 0 Å². The zero-order valence-corrected chi connectivity index (χ0v) is 14.3. The molecule has 0 aromatic rings. The van der Waals surface area contributed by atoms with Crippen LogP contribution in [0.25, 0.3) is 0 Å². The third-order valence-corrected chi connectivity index (χ3v) is 5.06. The molecule has 22 heavy (non-hydrogen) atoms. The lowest BCUT2D eigenvalue weighted by molar-refractivity contribution is 0.181. The smallest absolute Gasteiger partial charge is 0.193 e. The molecule has 0 aromatic carbocycles. The minimum atomic E-state index is 0.654. The van der Waals surface area contributed by atoms with Gasteiger partial charge in [0.1, 0.15) is 0 Å². The molecule has 5 nitrogen and oxygen atoms in total. The quantitative estimate of drug-likeness (QED) is 0.544. The fraction of sp³-hybridized carbons (Fsp3) is 0.941. The lowest BCUT2D eigenvalue weighted by Crippen LogP contribution is -2.44. The molecule has 1 heterocycles. The Kier molecular flexibility index (Phi) is 5.58. The van der Waals surface area contributed by atoms with Crippen molar-refractivity contribution < 1.29 is 4.74 Å². The summed E-state index contributed by atoms with van der Waals surface area (Å²) in [6, 6.07) is 0.873. The normalized spacial score (nSPS) is 25.8. The lowest BCUT2D eigenvalue weighted by atomic mass is 10.1. The summed E-state index contributed by atoms with van der Waals surface area (Å²) in [4.78, 5) is 9.38. The van der Waals surface area contributed by atoms with Gasteiger partial charge in [0.05, 0.1) is 6.61 Å². The van der Waals surface area contributed by atoms with Gasteiger partial charge >= 0.3 is 0 Å². The molecule has 1 saturated heterocycles. The van der Waals surface area contributed by atoms with Crippen LogP contribution in [0.4, 0.5) is 0 Å². The number of ether oxygens (including phenoxy) is 1. The van der Waals surface area contributed by atoms with E-state index in [-0.39, 0.29) is 0 Å². The SMILES string of the molecule is CN=C(NCCN(CC1CC1)C1CC1)N(C)CC1CCOC1. The molecule has 1 N–H and O–H groups in total. The van der Waals surface area contributed by atoms with Crippen LogP contribution in [0.3, 0.4) is 0 Å². The highest BCUT2D eigenvalue weighted by atomic mass is 16.5. The highest BCUT2D eigenvalue weighted by molar-refractivity contribution is 5.79. The first-order valence-electron chi connectivity index (χ1n) is 9.00. The Bertz CT molecular complexity index is 373. The summed E-state index contributed by atoms with van der Waals surface area (Å²) < 4.78 is 5.47. The van der Waals surface area contributed by atoms with Crippen molar-refractivity contribution in [3.8, 4) is 0 Å². The molecule has 0 spiro atoms. The van der Waals surface area contributed by atoms with Crippen molar-refractivity contribution in [1.82, 2.24) is 15.1 Å². The van der Waals surface area contributed by atoms with Crippen molar-refractivity contribution in [2.75, 3.05) is 53.5 Å². The van der Waals surface area contributed by atoms with Crippen LogP contribution in [0.5, 0.6) is 0 Å². The molecule has 1 unspecified atom stereocenters. The number of hydrogen-bond donors (Lipinski definition) is 1. The standard InChI is InChI=1S/C17H32N4O/c1-18-17(20(2)11-15-7-10-22-13-15)19-8-9-21(16-5-6-16)12-14-3-4-14/h14-16H,3-13H2,1-2H3,(H,18,19). The third-order valence-electron chi connectivity index (χ3n) is 5.06. The summed E-state index contributed by atoms with van der Waals surface area (Å²) in [6.45, 7) is 6.33. The molecule has 126 valence electrons. The topological polar surface area (TPSA) is 40.1 Å². The molecule has 0 bridgehead atoms. The van der Waals surface area contributed by atoms with E-state index in [0.717, 1.165) is 50.8 Å². The van der Waals surface area contributed by atoms with Gasteiger partial charge in [0.25, 0.3) is 0 Å².